The van der Waals surface area contributed by atoms with E-state index in [0.29, 0.717) is 6.54 Å². The number of para-hydroxylation sites is 1. The predicted octanol–water partition coefficient (Wildman–Crippen LogP) is 2.11. The maximum Gasteiger partial charge on any atom is 0.232 e. The van der Waals surface area contributed by atoms with Gasteiger partial charge in [-0.3, -0.25) is 4.31 Å². The summed E-state index contributed by atoms with van der Waals surface area (Å²) in [6.45, 7) is 4.02. The van der Waals surface area contributed by atoms with Gasteiger partial charge in [-0.2, -0.15) is 0 Å². The molecule has 0 N–H and O–H groups in total. The molecule has 0 amide bonds. The average molecular weight is 320 g/mol. The zero-order chi connectivity index (χ0) is 15.4. The normalized spacial score (nSPS) is 29.0. The number of benzene rings is 1. The van der Waals surface area contributed by atoms with E-state index >= 15 is 0 Å². The van der Waals surface area contributed by atoms with Crippen molar-refractivity contribution in [1.82, 2.24) is 4.90 Å². The molecule has 1 aromatic carbocycles. The highest BCUT2D eigenvalue weighted by Crippen LogP contribution is 2.44. The zero-order valence-electron chi connectivity index (χ0n) is 13.2. The van der Waals surface area contributed by atoms with E-state index in [-0.39, 0.29) is 5.41 Å². The molecule has 1 unspecified atom stereocenters. The number of hydrogen-bond donors (Lipinski definition) is 0. The van der Waals surface area contributed by atoms with Crippen molar-refractivity contribution in [2.45, 2.75) is 25.7 Å². The van der Waals surface area contributed by atoms with Crippen LogP contribution in [-0.2, 0) is 16.4 Å². The minimum atomic E-state index is -3.22. The molecule has 2 heterocycles. The molecule has 2 fully saturated rings. The summed E-state index contributed by atoms with van der Waals surface area (Å²) in [6.07, 6.45) is 6.21. The molecule has 5 heteroatoms. The molecule has 4 rings (SSSR count). The van der Waals surface area contributed by atoms with Crippen molar-refractivity contribution in [3.05, 3.63) is 29.8 Å². The van der Waals surface area contributed by atoms with Gasteiger partial charge in [0.25, 0.3) is 0 Å². The van der Waals surface area contributed by atoms with Crippen molar-refractivity contribution in [3.63, 3.8) is 0 Å². The van der Waals surface area contributed by atoms with Crippen molar-refractivity contribution < 1.29 is 8.42 Å². The summed E-state index contributed by atoms with van der Waals surface area (Å²) in [6, 6.07) is 8.00. The summed E-state index contributed by atoms with van der Waals surface area (Å²) in [5, 5.41) is 0. The lowest BCUT2D eigenvalue weighted by Gasteiger charge is -2.41. The molecule has 1 aliphatic carbocycles. The highest BCUT2D eigenvalue weighted by Gasteiger charge is 2.45. The Morgan fingerprint density at radius 1 is 1.23 bits per heavy atom. The van der Waals surface area contributed by atoms with Gasteiger partial charge in [-0.05, 0) is 49.8 Å². The highest BCUT2D eigenvalue weighted by molar-refractivity contribution is 7.92. The maximum atomic E-state index is 12.3. The lowest BCUT2D eigenvalue weighted by molar-refractivity contribution is 0.250. The monoisotopic (exact) mass is 320 g/mol. The maximum absolute atomic E-state index is 12.3. The topological polar surface area (TPSA) is 40.6 Å². The molecule has 22 heavy (non-hydrogen) atoms. The molecule has 4 nitrogen and oxygen atoms in total. The molecular formula is C17H24N2O2S. The van der Waals surface area contributed by atoms with Gasteiger partial charge < -0.3 is 4.90 Å². The molecule has 1 atom stereocenters. The van der Waals surface area contributed by atoms with E-state index in [1.165, 1.54) is 31.2 Å². The van der Waals surface area contributed by atoms with Gasteiger partial charge in [-0.1, -0.05) is 18.2 Å². The van der Waals surface area contributed by atoms with E-state index in [1.54, 1.807) is 4.31 Å². The molecule has 1 spiro atoms. The Kier molecular flexibility index (Phi) is 3.28. The minimum Gasteiger partial charge on any atom is -0.302 e. The van der Waals surface area contributed by atoms with Crippen molar-refractivity contribution in [2.24, 2.45) is 11.3 Å². The average Bonchev–Trinajstić information content (AvgIpc) is 3.19. The van der Waals surface area contributed by atoms with Gasteiger partial charge >= 0.3 is 0 Å². The Morgan fingerprint density at radius 3 is 2.73 bits per heavy atom. The summed E-state index contributed by atoms with van der Waals surface area (Å²) in [5.41, 5.74) is 2.18. The third-order valence-corrected chi connectivity index (χ3v) is 6.56. The zero-order valence-corrected chi connectivity index (χ0v) is 14.0. The summed E-state index contributed by atoms with van der Waals surface area (Å²) < 4.78 is 26.2. The van der Waals surface area contributed by atoms with Crippen molar-refractivity contribution >= 4 is 15.7 Å². The third-order valence-electron chi connectivity index (χ3n) is 5.44. The van der Waals surface area contributed by atoms with Crippen molar-refractivity contribution in [1.29, 1.82) is 0 Å². The number of sulfonamides is 1. The van der Waals surface area contributed by atoms with Crippen molar-refractivity contribution in [3.8, 4) is 0 Å². The van der Waals surface area contributed by atoms with Gasteiger partial charge in [-0.15, -0.1) is 0 Å². The van der Waals surface area contributed by atoms with Gasteiger partial charge in [0.15, 0.2) is 0 Å². The number of rotatable bonds is 3. The van der Waals surface area contributed by atoms with Crippen LogP contribution in [0.5, 0.6) is 0 Å². The molecule has 1 aromatic rings. The van der Waals surface area contributed by atoms with Crippen LogP contribution in [0.25, 0.3) is 0 Å². The number of hydrogen-bond acceptors (Lipinski definition) is 3. The molecule has 2 aliphatic heterocycles. The lowest BCUT2D eigenvalue weighted by atomic mass is 9.78. The standard InChI is InChI=1S/C17H24N2O2S/c1-22(20,21)19-13-17(10-15-4-2-3-5-16(15)19)8-9-18(12-17)11-14-6-7-14/h2-5,14H,6-13H2,1H3. The molecule has 1 saturated heterocycles. The van der Waals surface area contributed by atoms with Gasteiger partial charge in [0.1, 0.15) is 0 Å². The first kappa shape index (κ1) is 14.5. The van der Waals surface area contributed by atoms with Crippen LogP contribution < -0.4 is 4.31 Å². The fourth-order valence-electron chi connectivity index (χ4n) is 4.17. The highest BCUT2D eigenvalue weighted by atomic mass is 32.2. The second-order valence-electron chi connectivity index (χ2n) is 7.50. The summed E-state index contributed by atoms with van der Waals surface area (Å²) >= 11 is 0. The largest absolute Gasteiger partial charge is 0.302 e. The predicted molar refractivity (Wildman–Crippen MR) is 88.5 cm³/mol. The van der Waals surface area contributed by atoms with Crippen LogP contribution in [0.4, 0.5) is 5.69 Å². The fraction of sp³-hybridized carbons (Fsp3) is 0.647. The number of nitrogens with zero attached hydrogens (tertiary/aromatic N) is 2. The second kappa shape index (κ2) is 4.96. The van der Waals surface area contributed by atoms with E-state index in [4.69, 9.17) is 0 Å². The SMILES string of the molecule is CS(=O)(=O)N1CC2(CCN(CC3CC3)C2)Cc2ccccc21. The van der Waals surface area contributed by atoms with Crippen LogP contribution in [0.3, 0.4) is 0 Å². The number of likely N-dealkylation sites (tertiary alicyclic amines) is 1. The second-order valence-corrected chi connectivity index (χ2v) is 9.41. The van der Waals surface area contributed by atoms with Gasteiger partial charge in [0.05, 0.1) is 11.9 Å². The van der Waals surface area contributed by atoms with E-state index in [2.05, 4.69) is 11.0 Å². The van der Waals surface area contributed by atoms with E-state index in [1.807, 2.05) is 18.2 Å². The van der Waals surface area contributed by atoms with E-state index < -0.39 is 10.0 Å². The molecule has 0 radical (unpaired) electrons. The van der Waals surface area contributed by atoms with E-state index in [0.717, 1.165) is 37.5 Å². The minimum absolute atomic E-state index is 0.103. The van der Waals surface area contributed by atoms with Crippen molar-refractivity contribution in [2.75, 3.05) is 36.7 Å². The Morgan fingerprint density at radius 2 is 2.00 bits per heavy atom. The van der Waals surface area contributed by atoms with Crippen LogP contribution in [0.15, 0.2) is 24.3 Å². The molecule has 3 aliphatic rings. The lowest BCUT2D eigenvalue weighted by Crippen LogP contribution is -2.47. The molecule has 1 saturated carbocycles. The molecule has 0 bridgehead atoms. The molecular weight excluding hydrogens is 296 g/mol. The van der Waals surface area contributed by atoms with Crippen LogP contribution in [0, 0.1) is 11.3 Å². The molecule has 0 aromatic heterocycles. The van der Waals surface area contributed by atoms with Crippen LogP contribution in [0.2, 0.25) is 0 Å². The quantitative estimate of drug-likeness (QED) is 0.856. The van der Waals surface area contributed by atoms with Crippen LogP contribution in [-0.4, -0.2) is 45.8 Å². The Labute approximate surface area is 133 Å². The number of anilines is 1. The van der Waals surface area contributed by atoms with Crippen LogP contribution in [0.1, 0.15) is 24.8 Å². The first-order chi connectivity index (χ1) is 10.5. The first-order valence-corrected chi connectivity index (χ1v) is 10.1. The van der Waals surface area contributed by atoms with Gasteiger partial charge in [0.2, 0.25) is 10.0 Å². The molecule has 120 valence electrons. The van der Waals surface area contributed by atoms with E-state index in [9.17, 15) is 8.42 Å². The summed E-state index contributed by atoms with van der Waals surface area (Å²) in [4.78, 5) is 2.56. The Balaban J connectivity index is 1.63. The van der Waals surface area contributed by atoms with Gasteiger partial charge in [0, 0.05) is 25.0 Å². The summed E-state index contributed by atoms with van der Waals surface area (Å²) in [7, 11) is -3.22. The number of fused-ring (bicyclic) bond motifs is 1. The van der Waals surface area contributed by atoms with Crippen LogP contribution >= 0.6 is 0 Å². The summed E-state index contributed by atoms with van der Waals surface area (Å²) in [5.74, 6) is 0.900. The Hall–Kier alpha value is -1.07. The fourth-order valence-corrected chi connectivity index (χ4v) is 5.22. The van der Waals surface area contributed by atoms with Gasteiger partial charge in [-0.25, -0.2) is 8.42 Å². The Bertz CT molecular complexity index is 684. The first-order valence-electron chi connectivity index (χ1n) is 8.23. The third kappa shape index (κ3) is 2.65. The smallest absolute Gasteiger partial charge is 0.232 e.